The van der Waals surface area contributed by atoms with Crippen LogP contribution < -0.4 is 10.6 Å². The maximum atomic E-state index is 14.0. The van der Waals surface area contributed by atoms with E-state index in [0.29, 0.717) is 25.2 Å². The number of nitrogens with zero attached hydrogens (tertiary/aromatic N) is 6. The van der Waals surface area contributed by atoms with Crippen LogP contribution in [0.2, 0.25) is 0 Å². The first kappa shape index (κ1) is 22.9. The first-order chi connectivity index (χ1) is 16.8. The number of aryl methyl sites for hydroxylation is 1. The van der Waals surface area contributed by atoms with Gasteiger partial charge in [-0.1, -0.05) is 18.2 Å². The van der Waals surface area contributed by atoms with Crippen LogP contribution in [-0.2, 0) is 13.0 Å². The van der Waals surface area contributed by atoms with Crippen LogP contribution in [-0.4, -0.2) is 32.4 Å². The number of aromatic nitrogens is 4. The van der Waals surface area contributed by atoms with Gasteiger partial charge in [0.2, 0.25) is 0 Å². The second-order valence-electron chi connectivity index (χ2n) is 9.03. The summed E-state index contributed by atoms with van der Waals surface area (Å²) in [5.41, 5.74) is 1.61. The molecule has 0 unspecified atom stereocenters. The van der Waals surface area contributed by atoms with Gasteiger partial charge >= 0.3 is 5.69 Å². The van der Waals surface area contributed by atoms with Crippen molar-refractivity contribution in [3.05, 3.63) is 92.6 Å². The zero-order chi connectivity index (χ0) is 24.7. The average molecular weight is 493 g/mol. The van der Waals surface area contributed by atoms with E-state index in [9.17, 15) is 18.8 Å². The van der Waals surface area contributed by atoms with Crippen LogP contribution in [0.4, 0.5) is 13.9 Å². The second-order valence-corrected chi connectivity index (χ2v) is 10.1. The van der Waals surface area contributed by atoms with Crippen LogP contribution >= 0.6 is 11.3 Å². The smallest absolute Gasteiger partial charge is 0.345 e. The molecule has 5 rings (SSSR count). The fourth-order valence-electron chi connectivity index (χ4n) is 4.13. The highest BCUT2D eigenvalue weighted by Gasteiger charge is 2.40. The minimum Gasteiger partial charge on any atom is -0.345 e. The van der Waals surface area contributed by atoms with E-state index in [1.807, 2.05) is 26.0 Å². The molecule has 1 saturated heterocycles. The van der Waals surface area contributed by atoms with Crippen molar-refractivity contribution in [2.75, 3.05) is 18.0 Å². The quantitative estimate of drug-likeness (QED) is 0.406. The summed E-state index contributed by atoms with van der Waals surface area (Å²) >= 11 is 1.63. The van der Waals surface area contributed by atoms with E-state index in [0.717, 1.165) is 33.4 Å². The van der Waals surface area contributed by atoms with E-state index in [-0.39, 0.29) is 17.5 Å². The molecular weight excluding hydrogens is 470 g/mol. The minimum atomic E-state index is -0.705. The molecular formula is C25H22F2N6OS. The number of nitriles is 1. The van der Waals surface area contributed by atoms with Gasteiger partial charge in [-0.2, -0.15) is 15.0 Å². The lowest BCUT2D eigenvalue weighted by molar-refractivity contribution is 0.336. The molecule has 3 heterocycles. The van der Waals surface area contributed by atoms with Crippen molar-refractivity contribution in [1.82, 2.24) is 19.3 Å². The normalized spacial score (nSPS) is 14.5. The number of rotatable bonds is 6. The van der Waals surface area contributed by atoms with Gasteiger partial charge in [0, 0.05) is 30.0 Å². The predicted octanol–water partition coefficient (Wildman–Crippen LogP) is 4.07. The van der Waals surface area contributed by atoms with Crippen molar-refractivity contribution in [1.29, 1.82) is 5.26 Å². The van der Waals surface area contributed by atoms with Gasteiger partial charge in [-0.15, -0.1) is 11.3 Å². The zero-order valence-corrected chi connectivity index (χ0v) is 20.0. The molecule has 4 aromatic rings. The molecule has 2 aromatic carbocycles. The SMILES string of the molecule is Cc1nc(N2CC(C)(C#N)C2)sc1Cc1ccc(-n2ncn(Cc3c(F)cccc3F)c2=O)cc1. The largest absolute Gasteiger partial charge is 0.350 e. The van der Waals surface area contributed by atoms with Crippen molar-refractivity contribution in [3.63, 3.8) is 0 Å². The molecule has 0 atom stereocenters. The number of thiazole rings is 1. The molecule has 178 valence electrons. The first-order valence-corrected chi connectivity index (χ1v) is 11.9. The molecule has 7 nitrogen and oxygen atoms in total. The zero-order valence-electron chi connectivity index (χ0n) is 19.2. The summed E-state index contributed by atoms with van der Waals surface area (Å²) in [7, 11) is 0. The van der Waals surface area contributed by atoms with E-state index in [2.05, 4.69) is 21.1 Å². The third kappa shape index (κ3) is 4.35. The van der Waals surface area contributed by atoms with Gasteiger partial charge < -0.3 is 4.90 Å². The summed E-state index contributed by atoms with van der Waals surface area (Å²) in [5.74, 6) is -1.41. The Morgan fingerprint density at radius 1 is 1.14 bits per heavy atom. The Hall–Kier alpha value is -3.84. The third-order valence-electron chi connectivity index (χ3n) is 6.17. The predicted molar refractivity (Wildman–Crippen MR) is 129 cm³/mol. The standard InChI is InChI=1S/C25H22F2N6OS/c1-16-22(35-23(30-16)32-13-25(2,12-28)14-32)10-17-6-8-18(9-7-17)33-24(34)31(15-29-33)11-19-20(26)4-3-5-21(19)27/h3-9,15H,10-11,13-14H2,1-2H3. The summed E-state index contributed by atoms with van der Waals surface area (Å²) in [5, 5.41) is 14.3. The van der Waals surface area contributed by atoms with Crippen LogP contribution in [0.15, 0.2) is 53.6 Å². The van der Waals surface area contributed by atoms with Gasteiger partial charge in [0.05, 0.1) is 29.4 Å². The van der Waals surface area contributed by atoms with Gasteiger partial charge in [-0.3, -0.25) is 4.57 Å². The Bertz CT molecular complexity index is 1470. The third-order valence-corrected chi connectivity index (χ3v) is 7.39. The molecule has 1 fully saturated rings. The molecule has 0 spiro atoms. The lowest BCUT2D eigenvalue weighted by atomic mass is 9.84. The molecule has 2 aromatic heterocycles. The Balaban J connectivity index is 1.30. The highest BCUT2D eigenvalue weighted by molar-refractivity contribution is 7.15. The first-order valence-electron chi connectivity index (χ1n) is 11.1. The van der Waals surface area contributed by atoms with Crippen LogP contribution in [0.5, 0.6) is 0 Å². The molecule has 1 aliphatic heterocycles. The van der Waals surface area contributed by atoms with Crippen molar-refractivity contribution in [2.45, 2.75) is 26.8 Å². The Kier molecular flexibility index (Phi) is 5.73. The van der Waals surface area contributed by atoms with E-state index in [1.165, 1.54) is 21.6 Å². The van der Waals surface area contributed by atoms with Crippen molar-refractivity contribution < 1.29 is 8.78 Å². The summed E-state index contributed by atoms with van der Waals surface area (Å²) in [6.07, 6.45) is 1.97. The molecule has 35 heavy (non-hydrogen) atoms. The van der Waals surface area contributed by atoms with E-state index < -0.39 is 17.3 Å². The summed E-state index contributed by atoms with van der Waals surface area (Å²) in [4.78, 5) is 20.7. The van der Waals surface area contributed by atoms with E-state index in [4.69, 9.17) is 0 Å². The maximum absolute atomic E-state index is 14.0. The van der Waals surface area contributed by atoms with Crippen LogP contribution in [0, 0.1) is 35.3 Å². The molecule has 0 N–H and O–H groups in total. The molecule has 0 saturated carbocycles. The maximum Gasteiger partial charge on any atom is 0.350 e. The Morgan fingerprint density at radius 2 is 1.83 bits per heavy atom. The Morgan fingerprint density at radius 3 is 2.49 bits per heavy atom. The van der Waals surface area contributed by atoms with Crippen LogP contribution in [0.25, 0.3) is 5.69 Å². The highest BCUT2D eigenvalue weighted by Crippen LogP contribution is 2.37. The number of anilines is 1. The topological polar surface area (TPSA) is 79.7 Å². The molecule has 10 heteroatoms. The monoisotopic (exact) mass is 492 g/mol. The second kappa shape index (κ2) is 8.74. The number of benzene rings is 2. The van der Waals surface area contributed by atoms with Crippen LogP contribution in [0.3, 0.4) is 0 Å². The minimum absolute atomic E-state index is 0.181. The van der Waals surface area contributed by atoms with Crippen LogP contribution in [0.1, 0.15) is 28.6 Å². The molecule has 0 aliphatic carbocycles. The fraction of sp³-hybridized carbons (Fsp3) is 0.280. The Labute approximate surface area is 204 Å². The summed E-state index contributed by atoms with van der Waals surface area (Å²) in [6.45, 7) is 5.08. The van der Waals surface area contributed by atoms with Gasteiger partial charge in [-0.05, 0) is 43.7 Å². The number of hydrogen-bond acceptors (Lipinski definition) is 6. The summed E-state index contributed by atoms with van der Waals surface area (Å²) < 4.78 is 30.3. The summed E-state index contributed by atoms with van der Waals surface area (Å²) in [6, 6.07) is 13.4. The fourth-order valence-corrected chi connectivity index (χ4v) is 5.22. The lowest BCUT2D eigenvalue weighted by Gasteiger charge is -2.43. The van der Waals surface area contributed by atoms with Gasteiger partial charge in [0.25, 0.3) is 0 Å². The lowest BCUT2D eigenvalue weighted by Crippen LogP contribution is -2.54. The average Bonchev–Trinajstić information content (AvgIpc) is 3.36. The van der Waals surface area contributed by atoms with Gasteiger partial charge in [0.15, 0.2) is 5.13 Å². The molecule has 0 radical (unpaired) electrons. The van der Waals surface area contributed by atoms with Gasteiger partial charge in [0.1, 0.15) is 18.0 Å². The van der Waals surface area contributed by atoms with E-state index >= 15 is 0 Å². The number of halogens is 2. The van der Waals surface area contributed by atoms with Crippen molar-refractivity contribution >= 4 is 16.5 Å². The molecule has 0 bridgehead atoms. The molecule has 1 aliphatic rings. The number of hydrogen-bond donors (Lipinski definition) is 0. The molecule has 0 amide bonds. The van der Waals surface area contributed by atoms with E-state index in [1.54, 1.807) is 23.5 Å². The van der Waals surface area contributed by atoms with Gasteiger partial charge in [-0.25, -0.2) is 18.6 Å². The van der Waals surface area contributed by atoms with Crippen molar-refractivity contribution in [3.8, 4) is 11.8 Å². The highest BCUT2D eigenvalue weighted by atomic mass is 32.1. The van der Waals surface area contributed by atoms with Crippen molar-refractivity contribution in [2.24, 2.45) is 5.41 Å².